The van der Waals surface area contributed by atoms with Crippen molar-refractivity contribution < 1.29 is 4.74 Å². The Morgan fingerprint density at radius 2 is 1.96 bits per heavy atom. The normalized spacial score (nSPS) is 21.9. The molecule has 2 aliphatic heterocycles. The number of ether oxygens (including phenoxy) is 1. The molecule has 1 saturated heterocycles. The van der Waals surface area contributed by atoms with E-state index in [0.29, 0.717) is 0 Å². The van der Waals surface area contributed by atoms with Crippen molar-refractivity contribution in [2.75, 3.05) is 13.1 Å². The van der Waals surface area contributed by atoms with Crippen LogP contribution < -0.4 is 4.74 Å². The minimum atomic E-state index is 0.0318. The molecule has 0 radical (unpaired) electrons. The second-order valence-corrected chi connectivity index (χ2v) is 8.54. The standard InChI is InChI=1S/C23H25N3O/c1-2-20(3-1)26-10-7-23(8-11-26)14-18-12-16(4-5-21(18)27-23)19-13-17-6-9-24-22(17)25-15-19/h4-6,9,12-13,15,20H,1-3,7-8,10-11,14H2,(H,24,25). The molecule has 0 unspecified atom stereocenters. The van der Waals surface area contributed by atoms with Crippen molar-refractivity contribution in [1.82, 2.24) is 14.9 Å². The molecule has 4 heterocycles. The van der Waals surface area contributed by atoms with Crippen molar-refractivity contribution in [3.8, 4) is 16.9 Å². The molecule has 3 aliphatic rings. The van der Waals surface area contributed by atoms with Crippen molar-refractivity contribution in [1.29, 1.82) is 0 Å². The molecule has 1 spiro atoms. The second kappa shape index (κ2) is 5.83. The van der Waals surface area contributed by atoms with Crippen LogP contribution in [0, 0.1) is 0 Å². The van der Waals surface area contributed by atoms with E-state index in [2.05, 4.69) is 45.2 Å². The highest BCUT2D eigenvalue weighted by atomic mass is 16.5. The number of hydrogen-bond donors (Lipinski definition) is 1. The van der Waals surface area contributed by atoms with Crippen LogP contribution in [0.4, 0.5) is 0 Å². The largest absolute Gasteiger partial charge is 0.487 e. The first-order chi connectivity index (χ1) is 13.3. The topological polar surface area (TPSA) is 41.1 Å². The molecular formula is C23H25N3O. The molecule has 0 atom stereocenters. The molecule has 27 heavy (non-hydrogen) atoms. The summed E-state index contributed by atoms with van der Waals surface area (Å²) in [5.74, 6) is 1.09. The van der Waals surface area contributed by atoms with Crippen LogP contribution in [0.1, 0.15) is 37.7 Å². The summed E-state index contributed by atoms with van der Waals surface area (Å²) in [5.41, 5.74) is 4.74. The van der Waals surface area contributed by atoms with Crippen LogP contribution in [0.3, 0.4) is 0 Å². The number of benzene rings is 1. The van der Waals surface area contributed by atoms with Gasteiger partial charge in [0.25, 0.3) is 0 Å². The molecule has 0 bridgehead atoms. The first kappa shape index (κ1) is 15.7. The summed E-state index contributed by atoms with van der Waals surface area (Å²) >= 11 is 0. The average Bonchev–Trinajstić information content (AvgIpc) is 3.25. The molecule has 1 aromatic carbocycles. The van der Waals surface area contributed by atoms with Crippen molar-refractivity contribution in [2.45, 2.75) is 50.2 Å². The lowest BCUT2D eigenvalue weighted by atomic mass is 9.83. The zero-order chi connectivity index (χ0) is 17.8. The predicted octanol–water partition coefficient (Wildman–Crippen LogP) is 4.55. The van der Waals surface area contributed by atoms with Gasteiger partial charge in [-0.3, -0.25) is 0 Å². The first-order valence-electron chi connectivity index (χ1n) is 10.3. The number of fused-ring (bicyclic) bond motifs is 2. The van der Waals surface area contributed by atoms with E-state index < -0.39 is 0 Å². The third kappa shape index (κ3) is 2.58. The summed E-state index contributed by atoms with van der Waals surface area (Å²) < 4.78 is 6.52. The number of likely N-dealkylation sites (tertiary alicyclic amines) is 1. The lowest BCUT2D eigenvalue weighted by Crippen LogP contribution is -2.52. The third-order valence-electron chi connectivity index (χ3n) is 6.93. The number of pyridine rings is 1. The van der Waals surface area contributed by atoms with Gasteiger partial charge in [-0.15, -0.1) is 0 Å². The molecule has 3 aromatic rings. The first-order valence-corrected chi connectivity index (χ1v) is 10.3. The number of nitrogens with zero attached hydrogens (tertiary/aromatic N) is 2. The van der Waals surface area contributed by atoms with E-state index in [0.717, 1.165) is 42.1 Å². The van der Waals surface area contributed by atoms with Gasteiger partial charge in [-0.1, -0.05) is 12.5 Å². The minimum Gasteiger partial charge on any atom is -0.487 e. The van der Waals surface area contributed by atoms with Gasteiger partial charge in [0, 0.05) is 61.7 Å². The second-order valence-electron chi connectivity index (χ2n) is 8.54. The molecule has 4 nitrogen and oxygen atoms in total. The van der Waals surface area contributed by atoms with Crippen LogP contribution in [0.15, 0.2) is 42.7 Å². The molecule has 1 aliphatic carbocycles. The predicted molar refractivity (Wildman–Crippen MR) is 107 cm³/mol. The molecule has 0 amide bonds. The molecule has 1 saturated carbocycles. The van der Waals surface area contributed by atoms with E-state index in [1.807, 2.05) is 12.4 Å². The van der Waals surface area contributed by atoms with Crippen molar-refractivity contribution >= 4 is 11.0 Å². The van der Waals surface area contributed by atoms with Crippen LogP contribution in [0.2, 0.25) is 0 Å². The highest BCUT2D eigenvalue weighted by molar-refractivity contribution is 5.81. The Morgan fingerprint density at radius 1 is 1.07 bits per heavy atom. The lowest BCUT2D eigenvalue weighted by Gasteiger charge is -2.45. The molecule has 6 rings (SSSR count). The Balaban J connectivity index is 1.24. The highest BCUT2D eigenvalue weighted by Gasteiger charge is 2.43. The Bertz CT molecular complexity index is 996. The van der Waals surface area contributed by atoms with Crippen molar-refractivity contribution in [3.05, 3.63) is 48.3 Å². The maximum Gasteiger partial charge on any atom is 0.137 e. The molecule has 4 heteroatoms. The van der Waals surface area contributed by atoms with Gasteiger partial charge in [-0.25, -0.2) is 4.98 Å². The fraction of sp³-hybridized carbons (Fsp3) is 0.435. The Hall–Kier alpha value is -2.33. The summed E-state index contributed by atoms with van der Waals surface area (Å²) in [4.78, 5) is 10.4. The van der Waals surface area contributed by atoms with E-state index in [1.165, 1.54) is 49.0 Å². The van der Waals surface area contributed by atoms with E-state index in [1.54, 1.807) is 0 Å². The zero-order valence-electron chi connectivity index (χ0n) is 15.6. The Labute approximate surface area is 159 Å². The minimum absolute atomic E-state index is 0.0318. The number of nitrogens with one attached hydrogen (secondary N) is 1. The maximum absolute atomic E-state index is 6.52. The Morgan fingerprint density at radius 3 is 2.78 bits per heavy atom. The highest BCUT2D eigenvalue weighted by Crippen LogP contribution is 2.43. The monoisotopic (exact) mass is 359 g/mol. The molecule has 1 N–H and O–H groups in total. The van der Waals surface area contributed by atoms with Crippen LogP contribution in [-0.2, 0) is 6.42 Å². The van der Waals surface area contributed by atoms with Gasteiger partial charge in [0.1, 0.15) is 17.0 Å². The summed E-state index contributed by atoms with van der Waals surface area (Å²) in [5, 5.41) is 1.16. The van der Waals surface area contributed by atoms with Gasteiger partial charge in [0.2, 0.25) is 0 Å². The summed E-state index contributed by atoms with van der Waals surface area (Å²) in [7, 11) is 0. The van der Waals surface area contributed by atoms with Crippen LogP contribution in [-0.4, -0.2) is 39.6 Å². The summed E-state index contributed by atoms with van der Waals surface area (Å²) in [6.45, 7) is 2.39. The van der Waals surface area contributed by atoms with Crippen LogP contribution in [0.5, 0.6) is 5.75 Å². The van der Waals surface area contributed by atoms with Crippen molar-refractivity contribution in [3.63, 3.8) is 0 Å². The zero-order valence-corrected chi connectivity index (χ0v) is 15.6. The third-order valence-corrected chi connectivity index (χ3v) is 6.93. The Kier molecular flexibility index (Phi) is 3.39. The van der Waals surface area contributed by atoms with Gasteiger partial charge < -0.3 is 14.6 Å². The van der Waals surface area contributed by atoms with E-state index in [4.69, 9.17) is 4.74 Å². The molecular weight excluding hydrogens is 334 g/mol. The summed E-state index contributed by atoms with van der Waals surface area (Å²) in [6, 6.07) is 11.8. The number of aromatic amines is 1. The molecule has 138 valence electrons. The number of aromatic nitrogens is 2. The van der Waals surface area contributed by atoms with Gasteiger partial charge in [0.15, 0.2) is 0 Å². The molecule has 2 aromatic heterocycles. The smallest absolute Gasteiger partial charge is 0.137 e. The van der Waals surface area contributed by atoms with Crippen LogP contribution >= 0.6 is 0 Å². The fourth-order valence-electron chi connectivity index (χ4n) is 5.04. The lowest BCUT2D eigenvalue weighted by molar-refractivity contribution is -0.00746. The SMILES string of the molecule is c1cc2cc(-c3ccc4c(c3)CC3(CCN(C5CCC5)CC3)O4)cnc2[nH]1. The van der Waals surface area contributed by atoms with E-state index in [-0.39, 0.29) is 5.60 Å². The number of rotatable bonds is 2. The average molecular weight is 359 g/mol. The number of H-pyrrole nitrogens is 1. The van der Waals surface area contributed by atoms with Gasteiger partial charge in [-0.2, -0.15) is 0 Å². The fourth-order valence-corrected chi connectivity index (χ4v) is 5.04. The van der Waals surface area contributed by atoms with Crippen molar-refractivity contribution in [2.24, 2.45) is 0 Å². The maximum atomic E-state index is 6.52. The van der Waals surface area contributed by atoms with E-state index >= 15 is 0 Å². The quantitative estimate of drug-likeness (QED) is 0.730. The van der Waals surface area contributed by atoms with Gasteiger partial charge in [0.05, 0.1) is 0 Å². The summed E-state index contributed by atoms with van der Waals surface area (Å²) in [6.07, 6.45) is 11.5. The number of hydrogen-bond acceptors (Lipinski definition) is 3. The van der Waals surface area contributed by atoms with Gasteiger partial charge >= 0.3 is 0 Å². The van der Waals surface area contributed by atoms with Gasteiger partial charge in [-0.05, 0) is 48.2 Å². The van der Waals surface area contributed by atoms with Crippen LogP contribution in [0.25, 0.3) is 22.2 Å². The van der Waals surface area contributed by atoms with E-state index in [9.17, 15) is 0 Å². The molecule has 2 fully saturated rings. The number of piperidine rings is 1.